The molecule has 2 aromatic carbocycles. The maximum Gasteiger partial charge on any atom is 0.123 e. The van der Waals surface area contributed by atoms with Crippen LogP contribution in [0, 0.1) is 12.7 Å². The summed E-state index contributed by atoms with van der Waals surface area (Å²) in [5, 5.41) is 0. The third-order valence-corrected chi connectivity index (χ3v) is 3.75. The summed E-state index contributed by atoms with van der Waals surface area (Å²) in [6.07, 6.45) is 0. The molecule has 2 aromatic rings. The smallest absolute Gasteiger partial charge is 0.123 e. The first-order chi connectivity index (χ1) is 8.61. The normalized spacial score (nSPS) is 12.4. The van der Waals surface area contributed by atoms with Gasteiger partial charge >= 0.3 is 0 Å². The van der Waals surface area contributed by atoms with Gasteiger partial charge in [-0.3, -0.25) is 5.84 Å². The number of hydrazine groups is 1. The Morgan fingerprint density at radius 2 is 1.72 bits per heavy atom. The van der Waals surface area contributed by atoms with Gasteiger partial charge in [0, 0.05) is 4.47 Å². The predicted molar refractivity (Wildman–Crippen MR) is 74.4 cm³/mol. The van der Waals surface area contributed by atoms with Crippen LogP contribution in [0.25, 0.3) is 0 Å². The Hall–Kier alpha value is -1.23. The molecular weight excluding hydrogens is 295 g/mol. The van der Waals surface area contributed by atoms with E-state index in [1.54, 1.807) is 12.1 Å². The van der Waals surface area contributed by atoms with Crippen molar-refractivity contribution in [2.24, 2.45) is 5.84 Å². The molecule has 0 aromatic heterocycles. The molecule has 0 saturated carbocycles. The van der Waals surface area contributed by atoms with Gasteiger partial charge < -0.3 is 0 Å². The molecule has 0 fully saturated rings. The number of hydrogen-bond acceptors (Lipinski definition) is 2. The van der Waals surface area contributed by atoms with Gasteiger partial charge in [-0.25, -0.2) is 9.82 Å². The van der Waals surface area contributed by atoms with Crippen molar-refractivity contribution in [3.63, 3.8) is 0 Å². The summed E-state index contributed by atoms with van der Waals surface area (Å²) < 4.78 is 13.9. The van der Waals surface area contributed by atoms with Crippen molar-refractivity contribution in [2.45, 2.75) is 13.0 Å². The maximum absolute atomic E-state index is 12.9. The number of nitrogens with one attached hydrogen (secondary N) is 1. The molecule has 0 heterocycles. The van der Waals surface area contributed by atoms with Crippen LogP contribution in [-0.2, 0) is 0 Å². The van der Waals surface area contributed by atoms with Crippen LogP contribution >= 0.6 is 15.9 Å². The van der Waals surface area contributed by atoms with Gasteiger partial charge in [0.1, 0.15) is 5.82 Å². The van der Waals surface area contributed by atoms with Crippen LogP contribution in [0.15, 0.2) is 46.9 Å². The van der Waals surface area contributed by atoms with Gasteiger partial charge in [-0.15, -0.1) is 0 Å². The highest BCUT2D eigenvalue weighted by Gasteiger charge is 2.13. The van der Waals surface area contributed by atoms with Gasteiger partial charge in [-0.1, -0.05) is 40.2 Å². The Bertz CT molecular complexity index is 540. The minimum absolute atomic E-state index is 0.150. The highest BCUT2D eigenvalue weighted by atomic mass is 79.9. The lowest BCUT2D eigenvalue weighted by Gasteiger charge is -2.17. The van der Waals surface area contributed by atoms with Crippen molar-refractivity contribution in [3.05, 3.63) is 69.4 Å². The summed E-state index contributed by atoms with van der Waals surface area (Å²) in [6.45, 7) is 2.02. The minimum Gasteiger partial charge on any atom is -0.271 e. The topological polar surface area (TPSA) is 38.0 Å². The fraction of sp³-hybridized carbons (Fsp3) is 0.143. The molecule has 2 rings (SSSR count). The average Bonchev–Trinajstić information content (AvgIpc) is 2.37. The summed E-state index contributed by atoms with van der Waals surface area (Å²) in [5.74, 6) is 5.35. The van der Waals surface area contributed by atoms with Gasteiger partial charge in [-0.2, -0.15) is 0 Å². The number of rotatable bonds is 3. The van der Waals surface area contributed by atoms with Crippen LogP contribution in [0.2, 0.25) is 0 Å². The standard InChI is InChI=1S/C14H14BrFN2/c1-9-2-3-11(8-13(9)15)14(18-17)10-4-6-12(16)7-5-10/h2-8,14,18H,17H2,1H3. The second-order valence-electron chi connectivity index (χ2n) is 4.16. The second-order valence-corrected chi connectivity index (χ2v) is 5.01. The molecule has 0 aliphatic carbocycles. The first-order valence-electron chi connectivity index (χ1n) is 5.59. The molecule has 2 nitrogen and oxygen atoms in total. The molecule has 0 aliphatic rings. The Balaban J connectivity index is 2.38. The monoisotopic (exact) mass is 308 g/mol. The first-order valence-corrected chi connectivity index (χ1v) is 6.39. The minimum atomic E-state index is -0.250. The van der Waals surface area contributed by atoms with Gasteiger partial charge in [0.25, 0.3) is 0 Å². The summed E-state index contributed by atoms with van der Waals surface area (Å²) in [5.41, 5.74) is 5.87. The fourth-order valence-electron chi connectivity index (χ4n) is 1.83. The molecule has 0 spiro atoms. The number of aryl methyl sites for hydroxylation is 1. The Labute approximate surface area is 114 Å². The van der Waals surface area contributed by atoms with Crippen molar-refractivity contribution in [1.29, 1.82) is 0 Å². The lowest BCUT2D eigenvalue weighted by Crippen LogP contribution is -2.28. The van der Waals surface area contributed by atoms with Crippen molar-refractivity contribution in [2.75, 3.05) is 0 Å². The molecule has 94 valence electrons. The largest absolute Gasteiger partial charge is 0.271 e. The zero-order chi connectivity index (χ0) is 13.1. The molecule has 0 aliphatic heterocycles. The molecule has 0 saturated heterocycles. The van der Waals surface area contributed by atoms with Crippen LogP contribution in [0.4, 0.5) is 4.39 Å². The molecule has 3 N–H and O–H groups in total. The van der Waals surface area contributed by atoms with Crippen LogP contribution < -0.4 is 11.3 Å². The zero-order valence-corrected chi connectivity index (χ0v) is 11.5. The Kier molecular flexibility index (Phi) is 4.11. The van der Waals surface area contributed by atoms with E-state index in [-0.39, 0.29) is 11.9 Å². The van der Waals surface area contributed by atoms with E-state index in [0.717, 1.165) is 21.2 Å². The molecule has 1 unspecified atom stereocenters. The molecule has 18 heavy (non-hydrogen) atoms. The fourth-order valence-corrected chi connectivity index (χ4v) is 2.23. The SMILES string of the molecule is Cc1ccc(C(NN)c2ccc(F)cc2)cc1Br. The molecule has 1 atom stereocenters. The Morgan fingerprint density at radius 1 is 1.11 bits per heavy atom. The lowest BCUT2D eigenvalue weighted by atomic mass is 9.98. The zero-order valence-electron chi connectivity index (χ0n) is 9.95. The number of nitrogens with two attached hydrogens (primary N) is 1. The van der Waals surface area contributed by atoms with E-state index in [2.05, 4.69) is 21.4 Å². The number of benzene rings is 2. The van der Waals surface area contributed by atoms with E-state index >= 15 is 0 Å². The van der Waals surface area contributed by atoms with Crippen LogP contribution in [0.1, 0.15) is 22.7 Å². The molecule has 0 bridgehead atoms. The first kappa shape index (κ1) is 13.2. The molecule has 4 heteroatoms. The van der Waals surface area contributed by atoms with E-state index in [0.29, 0.717) is 0 Å². The number of halogens is 2. The number of hydrogen-bond donors (Lipinski definition) is 2. The average molecular weight is 309 g/mol. The predicted octanol–water partition coefficient (Wildman–Crippen LogP) is 3.45. The quantitative estimate of drug-likeness (QED) is 0.673. The van der Waals surface area contributed by atoms with Crippen molar-refractivity contribution in [1.82, 2.24) is 5.43 Å². The van der Waals surface area contributed by atoms with Gasteiger partial charge in [0.15, 0.2) is 0 Å². The maximum atomic E-state index is 12.9. The lowest BCUT2D eigenvalue weighted by molar-refractivity contribution is 0.615. The van der Waals surface area contributed by atoms with Crippen LogP contribution in [0.3, 0.4) is 0 Å². The van der Waals surface area contributed by atoms with E-state index in [9.17, 15) is 4.39 Å². The van der Waals surface area contributed by atoms with Gasteiger partial charge in [0.05, 0.1) is 6.04 Å². The van der Waals surface area contributed by atoms with Gasteiger partial charge in [0.2, 0.25) is 0 Å². The molecule has 0 radical (unpaired) electrons. The molecule has 0 amide bonds. The highest BCUT2D eigenvalue weighted by molar-refractivity contribution is 9.10. The third-order valence-electron chi connectivity index (χ3n) is 2.90. The van der Waals surface area contributed by atoms with Crippen molar-refractivity contribution < 1.29 is 4.39 Å². The van der Waals surface area contributed by atoms with E-state index in [4.69, 9.17) is 5.84 Å². The Morgan fingerprint density at radius 3 is 2.28 bits per heavy atom. The van der Waals surface area contributed by atoms with Crippen molar-refractivity contribution >= 4 is 15.9 Å². The summed E-state index contributed by atoms with van der Waals surface area (Å²) >= 11 is 3.50. The van der Waals surface area contributed by atoms with E-state index in [1.807, 2.05) is 25.1 Å². The van der Waals surface area contributed by atoms with Crippen LogP contribution in [0.5, 0.6) is 0 Å². The summed E-state index contributed by atoms with van der Waals surface area (Å²) in [7, 11) is 0. The highest BCUT2D eigenvalue weighted by Crippen LogP contribution is 2.26. The van der Waals surface area contributed by atoms with E-state index < -0.39 is 0 Å². The second kappa shape index (κ2) is 5.61. The van der Waals surface area contributed by atoms with Crippen molar-refractivity contribution in [3.8, 4) is 0 Å². The molecular formula is C14H14BrFN2. The van der Waals surface area contributed by atoms with Crippen LogP contribution in [-0.4, -0.2) is 0 Å². The summed E-state index contributed by atoms with van der Waals surface area (Å²) in [6, 6.07) is 12.2. The van der Waals surface area contributed by atoms with Gasteiger partial charge in [-0.05, 0) is 41.8 Å². The summed E-state index contributed by atoms with van der Waals surface area (Å²) in [4.78, 5) is 0. The third kappa shape index (κ3) is 2.77. The van der Waals surface area contributed by atoms with E-state index in [1.165, 1.54) is 12.1 Å².